The van der Waals surface area contributed by atoms with Crippen LogP contribution in [0.3, 0.4) is 0 Å². The van der Waals surface area contributed by atoms with Crippen LogP contribution in [0.25, 0.3) is 22.3 Å². The van der Waals surface area contributed by atoms with Crippen molar-refractivity contribution in [1.82, 2.24) is 9.80 Å². The Morgan fingerprint density at radius 1 is 0.667 bits per heavy atom. The number of thioether (sulfide) groups is 1. The lowest BCUT2D eigenvalue weighted by molar-refractivity contribution is 0.228. The highest BCUT2D eigenvalue weighted by Crippen LogP contribution is 2.54. The van der Waals surface area contributed by atoms with E-state index >= 15 is 0 Å². The van der Waals surface area contributed by atoms with Crippen LogP contribution in [0.15, 0.2) is 185 Å². The van der Waals surface area contributed by atoms with Crippen LogP contribution in [0.4, 0.5) is 0 Å². The molecule has 1 saturated heterocycles. The number of benzene rings is 3. The van der Waals surface area contributed by atoms with E-state index in [1.807, 2.05) is 0 Å². The third-order valence-electron chi connectivity index (χ3n) is 11.8. The van der Waals surface area contributed by atoms with E-state index in [1.54, 1.807) is 5.57 Å². The van der Waals surface area contributed by atoms with Gasteiger partial charge in [-0.15, -0.1) is 11.8 Å². The summed E-state index contributed by atoms with van der Waals surface area (Å²) in [5.74, 6) is 1.80. The lowest BCUT2D eigenvalue weighted by Gasteiger charge is -2.41. The summed E-state index contributed by atoms with van der Waals surface area (Å²) < 4.78 is 0. The minimum absolute atomic E-state index is 0.171. The monoisotopic (exact) mass is 678 g/mol. The number of hydrogen-bond acceptors (Lipinski definition) is 3. The van der Waals surface area contributed by atoms with Crippen LogP contribution in [0.5, 0.6) is 0 Å². The molecular weight excluding hydrogens is 637 g/mol. The van der Waals surface area contributed by atoms with E-state index < -0.39 is 0 Å². The first-order valence-corrected chi connectivity index (χ1v) is 19.5. The fraction of sp³-hybridized carbons (Fsp3) is 0.208. The number of allylic oxidation sites excluding steroid dienone is 12. The Kier molecular flexibility index (Phi) is 7.64. The normalized spacial score (nSPS) is 26.0. The molecule has 0 bridgehead atoms. The molecule has 0 saturated carbocycles. The highest BCUT2D eigenvalue weighted by molar-refractivity contribution is 8.04. The Labute approximate surface area is 306 Å². The molecule has 4 atom stereocenters. The van der Waals surface area contributed by atoms with Crippen LogP contribution in [0.2, 0.25) is 0 Å². The van der Waals surface area contributed by atoms with E-state index in [-0.39, 0.29) is 12.1 Å². The summed E-state index contributed by atoms with van der Waals surface area (Å²) in [4.78, 5) is 6.65. The van der Waals surface area contributed by atoms with Crippen LogP contribution < -0.4 is 0 Å². The molecule has 4 aliphatic carbocycles. The molecule has 3 heterocycles. The molecule has 3 aromatic carbocycles. The number of nitrogens with zero attached hydrogens (tertiary/aromatic N) is 2. The molecule has 2 nitrogen and oxygen atoms in total. The first-order chi connectivity index (χ1) is 25.2. The molecule has 0 aromatic heterocycles. The summed E-state index contributed by atoms with van der Waals surface area (Å²) in [5, 5.41) is 0.546. The van der Waals surface area contributed by atoms with Crippen LogP contribution in [0.1, 0.15) is 54.8 Å². The van der Waals surface area contributed by atoms with Crippen LogP contribution >= 0.6 is 11.8 Å². The van der Waals surface area contributed by atoms with Gasteiger partial charge in [0.2, 0.25) is 0 Å². The van der Waals surface area contributed by atoms with Gasteiger partial charge < -0.3 is 9.80 Å². The largest absolute Gasteiger partial charge is 0.350 e. The van der Waals surface area contributed by atoms with Crippen molar-refractivity contribution in [2.75, 3.05) is 7.05 Å². The molecule has 0 N–H and O–H groups in total. The predicted octanol–water partition coefficient (Wildman–Crippen LogP) is 11.7. The molecule has 3 aromatic rings. The second-order valence-electron chi connectivity index (χ2n) is 14.6. The molecule has 3 aliphatic heterocycles. The van der Waals surface area contributed by atoms with Gasteiger partial charge in [-0.3, -0.25) is 0 Å². The first kappa shape index (κ1) is 30.8. The van der Waals surface area contributed by atoms with Gasteiger partial charge in [0.1, 0.15) is 5.82 Å². The van der Waals surface area contributed by atoms with Crippen molar-refractivity contribution in [2.24, 2.45) is 5.92 Å². The summed E-state index contributed by atoms with van der Waals surface area (Å²) in [5.41, 5.74) is 15.5. The number of fused-ring (bicyclic) bond motifs is 5. The maximum absolute atomic E-state index is 2.65. The molecule has 3 heteroatoms. The van der Waals surface area contributed by atoms with Gasteiger partial charge >= 0.3 is 0 Å². The minimum atomic E-state index is 0.171. The third kappa shape index (κ3) is 5.24. The molecule has 0 amide bonds. The van der Waals surface area contributed by atoms with Gasteiger partial charge in [-0.05, 0) is 99.9 Å². The second kappa shape index (κ2) is 12.7. The molecule has 10 rings (SSSR count). The zero-order chi connectivity index (χ0) is 33.9. The Hall–Kier alpha value is -4.99. The fourth-order valence-corrected chi connectivity index (χ4v) is 10.8. The van der Waals surface area contributed by atoms with E-state index in [4.69, 9.17) is 0 Å². The Balaban J connectivity index is 0.924. The van der Waals surface area contributed by atoms with Gasteiger partial charge in [0.05, 0.1) is 12.1 Å². The number of rotatable bonds is 5. The van der Waals surface area contributed by atoms with Crippen molar-refractivity contribution in [3.05, 3.63) is 202 Å². The van der Waals surface area contributed by atoms with Gasteiger partial charge in [0.25, 0.3) is 0 Å². The second-order valence-corrected chi connectivity index (χ2v) is 15.8. The van der Waals surface area contributed by atoms with E-state index in [2.05, 4.69) is 180 Å². The van der Waals surface area contributed by atoms with E-state index in [0.717, 1.165) is 32.1 Å². The third-order valence-corrected chi connectivity index (χ3v) is 13.3. The summed E-state index contributed by atoms with van der Waals surface area (Å²) in [6.07, 6.45) is 33.7. The molecule has 7 aliphatic rings. The van der Waals surface area contributed by atoms with Gasteiger partial charge in [-0.1, -0.05) is 140 Å². The smallest absolute Gasteiger partial charge is 0.109 e. The standard InChI is InChI=1S/C48H42N2S/c1-49-43(36-27-23-33(24-28-36)32-11-3-2-4-12-32)18-10-20-47(49)50-44-17-7-5-13-39(44)40-30-29-37(31-45(40)50)34-21-25-35(26-22-34)38-15-9-16-42-41-14-6-8-19-46(41)51-48(38)42/h2-4,6-8,10-12,14,16-30,41,43,45-46H,5,9,13,15,31H2,1H3. The highest BCUT2D eigenvalue weighted by Gasteiger charge is 2.41. The van der Waals surface area contributed by atoms with Gasteiger partial charge in [-0.2, -0.15) is 0 Å². The Bertz CT molecular complexity index is 2220. The van der Waals surface area contributed by atoms with E-state index in [9.17, 15) is 0 Å². The molecular formula is C48H42N2S. The van der Waals surface area contributed by atoms with Crippen molar-refractivity contribution < 1.29 is 0 Å². The molecule has 0 radical (unpaired) electrons. The summed E-state index contributed by atoms with van der Waals surface area (Å²) in [6.45, 7) is 0. The van der Waals surface area contributed by atoms with Crippen LogP contribution in [-0.4, -0.2) is 28.1 Å². The van der Waals surface area contributed by atoms with Gasteiger partial charge in [0, 0.05) is 28.8 Å². The van der Waals surface area contributed by atoms with Crippen molar-refractivity contribution in [1.29, 1.82) is 0 Å². The van der Waals surface area contributed by atoms with Gasteiger partial charge in [0.15, 0.2) is 0 Å². The number of hydrogen-bond donors (Lipinski definition) is 0. The lowest BCUT2D eigenvalue weighted by atomic mass is 9.84. The van der Waals surface area contributed by atoms with Crippen LogP contribution in [0, 0.1) is 5.92 Å². The maximum atomic E-state index is 2.65. The Morgan fingerprint density at radius 2 is 1.43 bits per heavy atom. The summed E-state index contributed by atoms with van der Waals surface area (Å²) >= 11 is 2.07. The summed E-state index contributed by atoms with van der Waals surface area (Å²) in [6, 6.07) is 29.8. The van der Waals surface area contributed by atoms with Gasteiger partial charge in [-0.25, -0.2) is 0 Å². The van der Waals surface area contributed by atoms with Crippen molar-refractivity contribution in [2.45, 2.75) is 49.4 Å². The number of likely N-dealkylation sites (N-methyl/N-ethyl adjacent to an activating group) is 1. The van der Waals surface area contributed by atoms with Crippen LogP contribution in [-0.2, 0) is 0 Å². The zero-order valence-corrected chi connectivity index (χ0v) is 29.9. The highest BCUT2D eigenvalue weighted by atomic mass is 32.2. The molecule has 1 fully saturated rings. The lowest BCUT2D eigenvalue weighted by Crippen LogP contribution is -2.40. The quantitative estimate of drug-likeness (QED) is 0.265. The van der Waals surface area contributed by atoms with Crippen molar-refractivity contribution in [3.63, 3.8) is 0 Å². The average molecular weight is 679 g/mol. The zero-order valence-electron chi connectivity index (χ0n) is 29.1. The van der Waals surface area contributed by atoms with Crippen molar-refractivity contribution in [3.8, 4) is 11.1 Å². The van der Waals surface area contributed by atoms with Crippen molar-refractivity contribution >= 4 is 22.9 Å². The molecule has 51 heavy (non-hydrogen) atoms. The topological polar surface area (TPSA) is 6.48 Å². The average Bonchev–Trinajstić information content (AvgIpc) is 3.74. The fourth-order valence-electron chi connectivity index (χ4n) is 9.23. The summed E-state index contributed by atoms with van der Waals surface area (Å²) in [7, 11) is 2.27. The molecule has 4 unspecified atom stereocenters. The Morgan fingerprint density at radius 3 is 2.29 bits per heavy atom. The van der Waals surface area contributed by atoms with E-state index in [0.29, 0.717) is 11.2 Å². The minimum Gasteiger partial charge on any atom is -0.350 e. The SMILES string of the molecule is CN1C(N2C3=C(CCC=C3)C3=CC=C(c4ccc(C5=C6SC7C=CC=CC7C6=CCC5)cc4)CC32)=CC=CC1c1ccc(-c2ccccc2)cc1. The molecule has 250 valence electrons. The first-order valence-electron chi connectivity index (χ1n) is 18.6. The van der Waals surface area contributed by atoms with E-state index in [1.165, 1.54) is 66.5 Å². The molecule has 0 spiro atoms. The maximum Gasteiger partial charge on any atom is 0.109 e. The predicted molar refractivity (Wildman–Crippen MR) is 215 cm³/mol.